The van der Waals surface area contributed by atoms with Crippen molar-refractivity contribution in [2.75, 3.05) is 13.1 Å². The van der Waals surface area contributed by atoms with E-state index in [2.05, 4.69) is 5.32 Å². The molecule has 1 amide bonds. The molecule has 1 aliphatic rings. The van der Waals surface area contributed by atoms with Gasteiger partial charge in [0.05, 0.1) is 6.04 Å². The molecule has 0 bridgehead atoms. The largest absolute Gasteiger partial charge is 0.344 e. The normalized spacial score (nSPS) is 16.6. The molecule has 5 nitrogen and oxygen atoms in total. The molecule has 4 rings (SSSR count). The summed E-state index contributed by atoms with van der Waals surface area (Å²) in [4.78, 5) is 13.3. The van der Waals surface area contributed by atoms with Crippen molar-refractivity contribution >= 4 is 27.3 Å². The average molecular weight is 477 g/mol. The van der Waals surface area contributed by atoms with E-state index in [0.29, 0.717) is 18.9 Å². The fourth-order valence-corrected chi connectivity index (χ4v) is 6.20. The van der Waals surface area contributed by atoms with Crippen LogP contribution in [0.4, 0.5) is 8.78 Å². The molecule has 0 saturated carbocycles. The van der Waals surface area contributed by atoms with E-state index in [1.165, 1.54) is 0 Å². The lowest BCUT2D eigenvalue weighted by atomic mass is 9.96. The van der Waals surface area contributed by atoms with Crippen molar-refractivity contribution in [1.29, 1.82) is 0 Å². The number of nitrogens with zero attached hydrogens (tertiary/aromatic N) is 1. The van der Waals surface area contributed by atoms with Gasteiger partial charge in [-0.3, -0.25) is 4.79 Å². The molecule has 1 atom stereocenters. The van der Waals surface area contributed by atoms with E-state index in [9.17, 15) is 22.0 Å². The Morgan fingerprint density at radius 3 is 2.41 bits per heavy atom. The van der Waals surface area contributed by atoms with E-state index in [-0.39, 0.29) is 31.0 Å². The van der Waals surface area contributed by atoms with Crippen LogP contribution >= 0.6 is 11.3 Å². The monoisotopic (exact) mass is 476 g/mol. The Labute approximate surface area is 189 Å². The molecule has 9 heteroatoms. The Kier molecular flexibility index (Phi) is 6.68. The van der Waals surface area contributed by atoms with E-state index in [4.69, 9.17) is 0 Å². The topological polar surface area (TPSA) is 66.5 Å². The number of nitrogens with one attached hydrogen (secondary N) is 1. The molecule has 1 aromatic heterocycles. The zero-order valence-corrected chi connectivity index (χ0v) is 18.7. The number of hydrogen-bond acceptors (Lipinski definition) is 4. The second-order valence-electron chi connectivity index (χ2n) is 7.62. The standard InChI is InChI=1S/C23H22F2N2O3S2/c24-18-8-9-19(25)21(15-18)32(29,30)27-12-10-17(11-13-27)23(28)26-22(20-7-4-14-31-20)16-5-2-1-3-6-16/h1-9,14-15,17,22H,10-13H2,(H,26,28). The number of piperidine rings is 1. The molecule has 32 heavy (non-hydrogen) atoms. The van der Waals surface area contributed by atoms with Gasteiger partial charge in [0.1, 0.15) is 16.5 Å². The van der Waals surface area contributed by atoms with Gasteiger partial charge < -0.3 is 5.32 Å². The maximum atomic E-state index is 14.0. The number of sulfonamides is 1. The molecular formula is C23H22F2N2O3S2. The fourth-order valence-electron chi connectivity index (χ4n) is 3.85. The van der Waals surface area contributed by atoms with Gasteiger partial charge in [-0.15, -0.1) is 11.3 Å². The Bertz CT molecular complexity index is 1180. The molecule has 0 radical (unpaired) electrons. The molecule has 1 saturated heterocycles. The molecule has 1 N–H and O–H groups in total. The summed E-state index contributed by atoms with van der Waals surface area (Å²) in [6.07, 6.45) is 0.599. The summed E-state index contributed by atoms with van der Waals surface area (Å²) in [5, 5.41) is 5.05. The van der Waals surface area contributed by atoms with Gasteiger partial charge in [0, 0.05) is 23.9 Å². The van der Waals surface area contributed by atoms with Crippen LogP contribution in [0.15, 0.2) is 70.9 Å². The first-order valence-electron chi connectivity index (χ1n) is 10.2. The summed E-state index contributed by atoms with van der Waals surface area (Å²) >= 11 is 1.55. The minimum atomic E-state index is -4.18. The van der Waals surface area contributed by atoms with Crippen LogP contribution in [-0.4, -0.2) is 31.7 Å². The van der Waals surface area contributed by atoms with E-state index in [0.717, 1.165) is 26.9 Å². The number of rotatable bonds is 6. The second-order valence-corrected chi connectivity index (χ2v) is 10.5. The molecule has 1 aliphatic heterocycles. The molecular weight excluding hydrogens is 454 g/mol. The van der Waals surface area contributed by atoms with Gasteiger partial charge in [-0.05, 0) is 48.1 Å². The number of carbonyl (C=O) groups is 1. The van der Waals surface area contributed by atoms with Crippen LogP contribution in [-0.2, 0) is 14.8 Å². The molecule has 3 aromatic rings. The summed E-state index contributed by atoms with van der Waals surface area (Å²) < 4.78 is 54.2. The maximum Gasteiger partial charge on any atom is 0.246 e. The third kappa shape index (κ3) is 4.74. The Morgan fingerprint density at radius 1 is 1.03 bits per heavy atom. The van der Waals surface area contributed by atoms with Gasteiger partial charge in [-0.1, -0.05) is 36.4 Å². The minimum Gasteiger partial charge on any atom is -0.344 e. The van der Waals surface area contributed by atoms with Crippen molar-refractivity contribution < 1.29 is 22.0 Å². The van der Waals surface area contributed by atoms with Crippen molar-refractivity contribution in [3.8, 4) is 0 Å². The molecule has 2 heterocycles. The maximum absolute atomic E-state index is 14.0. The minimum absolute atomic E-state index is 0.0609. The first kappa shape index (κ1) is 22.6. The van der Waals surface area contributed by atoms with Gasteiger partial charge in [-0.25, -0.2) is 17.2 Å². The van der Waals surface area contributed by atoms with Gasteiger partial charge in [0.2, 0.25) is 15.9 Å². The van der Waals surface area contributed by atoms with Crippen LogP contribution < -0.4 is 5.32 Å². The number of amides is 1. The highest BCUT2D eigenvalue weighted by Crippen LogP contribution is 2.29. The number of benzene rings is 2. The first-order valence-corrected chi connectivity index (χ1v) is 12.5. The zero-order valence-electron chi connectivity index (χ0n) is 17.1. The third-order valence-electron chi connectivity index (χ3n) is 5.58. The smallest absolute Gasteiger partial charge is 0.246 e. The van der Waals surface area contributed by atoms with Crippen molar-refractivity contribution in [3.05, 3.63) is 88.1 Å². The average Bonchev–Trinajstić information content (AvgIpc) is 3.34. The summed E-state index contributed by atoms with van der Waals surface area (Å²) in [6.45, 7) is 0.122. The van der Waals surface area contributed by atoms with Gasteiger partial charge in [-0.2, -0.15) is 4.31 Å². The first-order chi connectivity index (χ1) is 15.4. The zero-order chi connectivity index (χ0) is 22.7. The molecule has 168 valence electrons. The Balaban J connectivity index is 1.45. The van der Waals surface area contributed by atoms with Gasteiger partial charge in [0.15, 0.2) is 0 Å². The number of hydrogen-bond donors (Lipinski definition) is 1. The summed E-state index contributed by atoms with van der Waals surface area (Å²) in [5.41, 5.74) is 0.963. The molecule has 2 aromatic carbocycles. The molecule has 1 fully saturated rings. The molecule has 0 aliphatic carbocycles. The predicted molar refractivity (Wildman–Crippen MR) is 119 cm³/mol. The van der Waals surface area contributed by atoms with Gasteiger partial charge >= 0.3 is 0 Å². The summed E-state index contributed by atoms with van der Waals surface area (Å²) in [7, 11) is -4.18. The fraction of sp³-hybridized carbons (Fsp3) is 0.261. The van der Waals surface area contributed by atoms with Crippen LogP contribution in [0.25, 0.3) is 0 Å². The second kappa shape index (κ2) is 9.48. The van der Waals surface area contributed by atoms with Crippen LogP contribution in [0.3, 0.4) is 0 Å². The number of thiophene rings is 1. The van der Waals surface area contributed by atoms with Crippen molar-refractivity contribution in [3.63, 3.8) is 0 Å². The van der Waals surface area contributed by atoms with Crippen molar-refractivity contribution in [1.82, 2.24) is 9.62 Å². The van der Waals surface area contributed by atoms with Gasteiger partial charge in [0.25, 0.3) is 0 Å². The van der Waals surface area contributed by atoms with Crippen LogP contribution in [0.1, 0.15) is 29.3 Å². The van der Waals surface area contributed by atoms with Crippen LogP contribution in [0.2, 0.25) is 0 Å². The lowest BCUT2D eigenvalue weighted by Crippen LogP contribution is -2.43. The third-order valence-corrected chi connectivity index (χ3v) is 8.43. The van der Waals surface area contributed by atoms with E-state index in [1.807, 2.05) is 47.8 Å². The molecule has 1 unspecified atom stereocenters. The number of halogens is 2. The highest BCUT2D eigenvalue weighted by atomic mass is 32.2. The molecule has 0 spiro atoms. The summed E-state index contributed by atoms with van der Waals surface area (Å²) in [5.74, 6) is -2.33. The van der Waals surface area contributed by atoms with E-state index < -0.39 is 26.6 Å². The highest BCUT2D eigenvalue weighted by molar-refractivity contribution is 7.89. The van der Waals surface area contributed by atoms with E-state index >= 15 is 0 Å². The Morgan fingerprint density at radius 2 is 1.75 bits per heavy atom. The van der Waals surface area contributed by atoms with Crippen LogP contribution in [0.5, 0.6) is 0 Å². The van der Waals surface area contributed by atoms with Crippen molar-refractivity contribution in [2.45, 2.75) is 23.8 Å². The quantitative estimate of drug-likeness (QED) is 0.576. The lowest BCUT2D eigenvalue weighted by Gasteiger charge is -2.31. The lowest BCUT2D eigenvalue weighted by molar-refractivity contribution is -0.126. The predicted octanol–water partition coefficient (Wildman–Crippen LogP) is 4.33. The number of carbonyl (C=O) groups excluding carboxylic acids is 1. The summed E-state index contributed by atoms with van der Waals surface area (Å²) in [6, 6.07) is 15.6. The Hall–Kier alpha value is -2.62. The van der Waals surface area contributed by atoms with E-state index in [1.54, 1.807) is 11.3 Å². The highest BCUT2D eigenvalue weighted by Gasteiger charge is 2.34. The van der Waals surface area contributed by atoms with Crippen LogP contribution in [0, 0.1) is 17.6 Å². The van der Waals surface area contributed by atoms with Crippen molar-refractivity contribution in [2.24, 2.45) is 5.92 Å². The SMILES string of the molecule is O=C(NC(c1ccccc1)c1cccs1)C1CCN(S(=O)(=O)c2cc(F)ccc2F)CC1.